The van der Waals surface area contributed by atoms with Crippen LogP contribution in [0.3, 0.4) is 0 Å². The number of primary amides is 1. The molecule has 0 aliphatic rings. The Labute approximate surface area is 146 Å². The van der Waals surface area contributed by atoms with Crippen LogP contribution < -0.4 is 11.1 Å². The summed E-state index contributed by atoms with van der Waals surface area (Å²) < 4.78 is 26.1. The molecule has 2 rings (SSSR count). The lowest BCUT2D eigenvalue weighted by atomic mass is 10.0. The molecule has 2 aromatic rings. The summed E-state index contributed by atoms with van der Waals surface area (Å²) in [6, 6.07) is 6.25. The first-order valence-corrected chi connectivity index (χ1v) is 7.52. The van der Waals surface area contributed by atoms with Gasteiger partial charge < -0.3 is 11.1 Å². The van der Waals surface area contributed by atoms with Crippen LogP contribution in [0.5, 0.6) is 0 Å². The third kappa shape index (κ3) is 4.43. The van der Waals surface area contributed by atoms with Crippen molar-refractivity contribution in [2.75, 3.05) is 0 Å². The lowest BCUT2D eigenvalue weighted by Gasteiger charge is -2.16. The molecule has 2 aromatic carbocycles. The molecule has 4 nitrogen and oxygen atoms in total. The molecule has 0 aliphatic carbocycles. The maximum absolute atomic E-state index is 13.2. The number of carbonyl (C=O) groups is 2. The van der Waals surface area contributed by atoms with E-state index in [0.717, 1.165) is 18.2 Å². The zero-order valence-electron chi connectivity index (χ0n) is 12.2. The Morgan fingerprint density at radius 2 is 1.79 bits per heavy atom. The molecule has 0 bridgehead atoms. The van der Waals surface area contributed by atoms with Gasteiger partial charge in [-0.1, -0.05) is 29.3 Å². The van der Waals surface area contributed by atoms with Gasteiger partial charge in [0.2, 0.25) is 5.91 Å². The Morgan fingerprint density at radius 1 is 1.08 bits per heavy atom. The molecule has 2 amide bonds. The largest absolute Gasteiger partial charge is 0.368 e. The van der Waals surface area contributed by atoms with Gasteiger partial charge in [-0.05, 0) is 35.9 Å². The molecule has 8 heteroatoms. The number of halogens is 4. The zero-order valence-corrected chi connectivity index (χ0v) is 13.7. The summed E-state index contributed by atoms with van der Waals surface area (Å²) in [4.78, 5) is 23.7. The molecule has 0 spiro atoms. The van der Waals surface area contributed by atoms with Crippen molar-refractivity contribution in [2.45, 2.75) is 12.5 Å². The topological polar surface area (TPSA) is 72.2 Å². The summed E-state index contributed by atoms with van der Waals surface area (Å²) >= 11 is 11.8. The minimum atomic E-state index is -1.17. The fraction of sp³-hybridized carbons (Fsp3) is 0.125. The van der Waals surface area contributed by atoms with E-state index >= 15 is 0 Å². The average molecular weight is 373 g/mol. The van der Waals surface area contributed by atoms with E-state index in [0.29, 0.717) is 15.6 Å². The molecule has 1 atom stereocenters. The second-order valence-electron chi connectivity index (χ2n) is 5.00. The standard InChI is InChI=1S/C16H12Cl2F2N2O2/c17-10-3-1-8(11(18)7-10)6-14(15(21)23)22-16(24)9-2-4-12(19)13(20)5-9/h1-5,7,14H,6H2,(H2,21,23)(H,22,24)/t14-/m0/s1. The van der Waals surface area contributed by atoms with Crippen LogP contribution in [0.4, 0.5) is 8.78 Å². The molecule has 3 N–H and O–H groups in total. The highest BCUT2D eigenvalue weighted by atomic mass is 35.5. The van der Waals surface area contributed by atoms with Gasteiger partial charge in [0.1, 0.15) is 6.04 Å². The van der Waals surface area contributed by atoms with Gasteiger partial charge >= 0.3 is 0 Å². The Bertz CT molecular complexity index is 800. The summed E-state index contributed by atoms with van der Waals surface area (Å²) in [6.45, 7) is 0. The van der Waals surface area contributed by atoms with Crippen molar-refractivity contribution in [3.8, 4) is 0 Å². The molecule has 24 heavy (non-hydrogen) atoms. The van der Waals surface area contributed by atoms with Gasteiger partial charge in [-0.2, -0.15) is 0 Å². The normalized spacial score (nSPS) is 11.8. The molecular formula is C16H12Cl2F2N2O2. The smallest absolute Gasteiger partial charge is 0.252 e. The first-order chi connectivity index (χ1) is 11.3. The van der Waals surface area contributed by atoms with E-state index in [1.54, 1.807) is 12.1 Å². The second-order valence-corrected chi connectivity index (χ2v) is 5.84. The van der Waals surface area contributed by atoms with Crippen LogP contribution in [-0.2, 0) is 11.2 Å². The predicted octanol–water partition coefficient (Wildman–Crippen LogP) is 3.10. The molecule has 0 aliphatic heterocycles. The summed E-state index contributed by atoms with van der Waals surface area (Å²) in [5.41, 5.74) is 5.70. The van der Waals surface area contributed by atoms with Gasteiger partial charge in [-0.3, -0.25) is 9.59 Å². The van der Waals surface area contributed by atoms with Crippen molar-refractivity contribution in [3.05, 3.63) is 69.2 Å². The first kappa shape index (κ1) is 18.2. The highest BCUT2D eigenvalue weighted by Crippen LogP contribution is 2.22. The quantitative estimate of drug-likeness (QED) is 0.846. The fourth-order valence-corrected chi connectivity index (χ4v) is 2.49. The molecule has 0 fully saturated rings. The van der Waals surface area contributed by atoms with Crippen LogP contribution >= 0.6 is 23.2 Å². The average Bonchev–Trinajstić information content (AvgIpc) is 2.51. The predicted molar refractivity (Wildman–Crippen MR) is 87.0 cm³/mol. The van der Waals surface area contributed by atoms with E-state index in [9.17, 15) is 18.4 Å². The van der Waals surface area contributed by atoms with Gasteiger partial charge in [0, 0.05) is 22.0 Å². The summed E-state index contributed by atoms with van der Waals surface area (Å²) in [5.74, 6) is -3.80. The third-order valence-corrected chi connectivity index (χ3v) is 3.86. The zero-order chi connectivity index (χ0) is 17.9. The number of nitrogens with one attached hydrogen (secondary N) is 1. The Kier molecular flexibility index (Phi) is 5.75. The van der Waals surface area contributed by atoms with Gasteiger partial charge in [-0.25, -0.2) is 8.78 Å². The second kappa shape index (κ2) is 7.59. The van der Waals surface area contributed by atoms with Crippen molar-refractivity contribution >= 4 is 35.0 Å². The van der Waals surface area contributed by atoms with Crippen molar-refractivity contribution in [1.29, 1.82) is 0 Å². The molecule has 0 unspecified atom stereocenters. The third-order valence-electron chi connectivity index (χ3n) is 3.27. The lowest BCUT2D eigenvalue weighted by molar-refractivity contribution is -0.119. The van der Waals surface area contributed by atoms with Gasteiger partial charge in [0.05, 0.1) is 0 Å². The number of rotatable bonds is 5. The maximum Gasteiger partial charge on any atom is 0.252 e. The Balaban J connectivity index is 2.17. The van der Waals surface area contributed by atoms with Crippen molar-refractivity contribution in [2.24, 2.45) is 5.73 Å². The minimum absolute atomic E-state index is 0.0285. The summed E-state index contributed by atoms with van der Waals surface area (Å²) in [6.07, 6.45) is 0.0285. The molecule has 126 valence electrons. The highest BCUT2D eigenvalue weighted by molar-refractivity contribution is 6.35. The number of hydrogen-bond acceptors (Lipinski definition) is 2. The van der Waals surface area contributed by atoms with E-state index < -0.39 is 29.5 Å². The molecule has 0 heterocycles. The number of carbonyl (C=O) groups excluding carboxylic acids is 2. The summed E-state index contributed by atoms with van der Waals surface area (Å²) in [5, 5.41) is 3.11. The van der Waals surface area contributed by atoms with Crippen molar-refractivity contribution < 1.29 is 18.4 Å². The molecule has 0 aromatic heterocycles. The number of benzene rings is 2. The van der Waals surface area contributed by atoms with Crippen LogP contribution in [0, 0.1) is 11.6 Å². The van der Waals surface area contributed by atoms with Crippen LogP contribution in [0.15, 0.2) is 36.4 Å². The number of amides is 2. The Morgan fingerprint density at radius 3 is 2.38 bits per heavy atom. The van der Waals surface area contributed by atoms with E-state index in [4.69, 9.17) is 28.9 Å². The van der Waals surface area contributed by atoms with Gasteiger partial charge in [-0.15, -0.1) is 0 Å². The van der Waals surface area contributed by atoms with Crippen LogP contribution in [0.25, 0.3) is 0 Å². The Hall–Kier alpha value is -2.18. The fourth-order valence-electron chi connectivity index (χ4n) is 2.01. The van der Waals surface area contributed by atoms with Gasteiger partial charge in [0.15, 0.2) is 11.6 Å². The van der Waals surface area contributed by atoms with E-state index in [1.165, 1.54) is 6.07 Å². The maximum atomic E-state index is 13.2. The van der Waals surface area contributed by atoms with Crippen LogP contribution in [-0.4, -0.2) is 17.9 Å². The summed E-state index contributed by atoms with van der Waals surface area (Å²) in [7, 11) is 0. The number of nitrogens with two attached hydrogens (primary N) is 1. The lowest BCUT2D eigenvalue weighted by Crippen LogP contribution is -2.45. The van der Waals surface area contributed by atoms with E-state index in [-0.39, 0.29) is 12.0 Å². The van der Waals surface area contributed by atoms with Crippen molar-refractivity contribution in [1.82, 2.24) is 5.32 Å². The van der Waals surface area contributed by atoms with E-state index in [1.807, 2.05) is 0 Å². The molecule has 0 saturated heterocycles. The highest BCUT2D eigenvalue weighted by Gasteiger charge is 2.21. The monoisotopic (exact) mass is 372 g/mol. The van der Waals surface area contributed by atoms with Crippen LogP contribution in [0.1, 0.15) is 15.9 Å². The molecule has 0 saturated carbocycles. The van der Waals surface area contributed by atoms with Crippen molar-refractivity contribution in [3.63, 3.8) is 0 Å². The SMILES string of the molecule is NC(=O)[C@H](Cc1ccc(Cl)cc1Cl)NC(=O)c1ccc(F)c(F)c1. The molecular weight excluding hydrogens is 361 g/mol. The minimum Gasteiger partial charge on any atom is -0.368 e. The van der Waals surface area contributed by atoms with E-state index in [2.05, 4.69) is 5.32 Å². The van der Waals surface area contributed by atoms with Crippen LogP contribution in [0.2, 0.25) is 10.0 Å². The number of hydrogen-bond donors (Lipinski definition) is 2. The first-order valence-electron chi connectivity index (χ1n) is 6.77. The molecule has 0 radical (unpaired) electrons. The van der Waals surface area contributed by atoms with Gasteiger partial charge in [0.25, 0.3) is 5.91 Å².